The zero-order valence-electron chi connectivity index (χ0n) is 16.2. The first-order valence-corrected chi connectivity index (χ1v) is 10.2. The third-order valence-electron chi connectivity index (χ3n) is 5.78. The van der Waals surface area contributed by atoms with Crippen molar-refractivity contribution in [1.82, 2.24) is 15.5 Å². The molecule has 0 aromatic heterocycles. The number of hydrogen-bond acceptors (Lipinski definition) is 6. The molecule has 0 bridgehead atoms. The lowest BCUT2D eigenvalue weighted by Crippen LogP contribution is -2.54. The Morgan fingerprint density at radius 3 is 2.59 bits per heavy atom. The van der Waals surface area contributed by atoms with Crippen molar-refractivity contribution in [1.29, 1.82) is 0 Å². The van der Waals surface area contributed by atoms with Crippen molar-refractivity contribution in [2.45, 2.75) is 50.7 Å². The maximum absolute atomic E-state index is 13.0. The normalized spacial score (nSPS) is 22.8. The van der Waals surface area contributed by atoms with Crippen LogP contribution in [0.25, 0.3) is 0 Å². The maximum Gasteiger partial charge on any atom is 0.262 e. The van der Waals surface area contributed by atoms with E-state index in [0.717, 1.165) is 42.8 Å². The number of benzene rings is 1. The van der Waals surface area contributed by atoms with E-state index in [2.05, 4.69) is 10.6 Å². The first-order valence-electron chi connectivity index (χ1n) is 10.2. The van der Waals surface area contributed by atoms with Gasteiger partial charge in [-0.1, -0.05) is 12.1 Å². The number of rotatable bonds is 6. The minimum Gasteiger partial charge on any atom is -0.378 e. The molecule has 1 aromatic carbocycles. The molecule has 0 radical (unpaired) electrons. The van der Waals surface area contributed by atoms with E-state index < -0.39 is 23.8 Å². The Bertz CT molecular complexity index is 847. The van der Waals surface area contributed by atoms with Crippen LogP contribution in [0.1, 0.15) is 58.4 Å². The Morgan fingerprint density at radius 1 is 1.03 bits per heavy atom. The van der Waals surface area contributed by atoms with E-state index in [-0.39, 0.29) is 24.9 Å². The molecule has 0 aliphatic carbocycles. The molecule has 8 heteroatoms. The molecule has 3 aliphatic rings. The van der Waals surface area contributed by atoms with E-state index in [4.69, 9.17) is 4.74 Å². The minimum atomic E-state index is -0.934. The van der Waals surface area contributed by atoms with E-state index in [1.807, 2.05) is 6.07 Å². The smallest absolute Gasteiger partial charge is 0.262 e. The van der Waals surface area contributed by atoms with Gasteiger partial charge in [-0.15, -0.1) is 0 Å². The number of piperidine rings is 2. The predicted octanol–water partition coefficient (Wildman–Crippen LogP) is 0.789. The van der Waals surface area contributed by atoms with Crippen molar-refractivity contribution in [3.63, 3.8) is 0 Å². The summed E-state index contributed by atoms with van der Waals surface area (Å²) in [5, 5.41) is 5.52. The molecule has 0 saturated carbocycles. The molecule has 2 fully saturated rings. The molecule has 2 N–H and O–H groups in total. The van der Waals surface area contributed by atoms with Gasteiger partial charge in [-0.3, -0.25) is 29.4 Å². The topological polar surface area (TPSA) is 105 Å². The lowest BCUT2D eigenvalue weighted by Gasteiger charge is -2.27. The first-order chi connectivity index (χ1) is 14.1. The highest BCUT2D eigenvalue weighted by atomic mass is 16.5. The summed E-state index contributed by atoms with van der Waals surface area (Å²) in [6.07, 6.45) is 3.95. The van der Waals surface area contributed by atoms with Gasteiger partial charge in [-0.2, -0.15) is 0 Å². The fraction of sp³-hybridized carbons (Fsp3) is 0.524. The number of fused-ring (bicyclic) bond motifs is 1. The van der Waals surface area contributed by atoms with Crippen molar-refractivity contribution in [3.05, 3.63) is 34.9 Å². The molecule has 3 aliphatic heterocycles. The largest absolute Gasteiger partial charge is 0.378 e. The first kappa shape index (κ1) is 19.7. The quantitative estimate of drug-likeness (QED) is 0.541. The second-order valence-corrected chi connectivity index (χ2v) is 7.71. The summed E-state index contributed by atoms with van der Waals surface area (Å²) in [6, 6.07) is 4.30. The van der Waals surface area contributed by atoms with Crippen LogP contribution in [0, 0.1) is 0 Å². The van der Waals surface area contributed by atoms with Gasteiger partial charge >= 0.3 is 0 Å². The molecule has 4 amide bonds. The van der Waals surface area contributed by atoms with Crippen LogP contribution >= 0.6 is 0 Å². The third kappa shape index (κ3) is 3.95. The number of ether oxygens (including phenoxy) is 1. The van der Waals surface area contributed by atoms with Gasteiger partial charge in [0.25, 0.3) is 11.8 Å². The number of aryl methyl sites for hydroxylation is 1. The fourth-order valence-corrected chi connectivity index (χ4v) is 4.27. The number of amides is 4. The number of imide groups is 2. The molecular formula is C21H25N3O5. The summed E-state index contributed by atoms with van der Waals surface area (Å²) >= 11 is 0. The zero-order valence-corrected chi connectivity index (χ0v) is 16.2. The Labute approximate surface area is 169 Å². The van der Waals surface area contributed by atoms with Crippen LogP contribution in [-0.4, -0.2) is 60.4 Å². The van der Waals surface area contributed by atoms with E-state index in [0.29, 0.717) is 24.2 Å². The summed E-state index contributed by atoms with van der Waals surface area (Å²) < 4.78 is 5.93. The van der Waals surface area contributed by atoms with Crippen LogP contribution in [0.4, 0.5) is 0 Å². The van der Waals surface area contributed by atoms with Crippen LogP contribution < -0.4 is 10.6 Å². The standard InChI is InChI=1S/C21H25N3O5/c25-17-7-6-16(19(26)23-17)24-20(27)15-5-1-3-13(18(15)21(24)28)4-2-12-29-14-8-10-22-11-9-14/h1,3,5,14,16,22H,2,4,6-12H2,(H,23,25,26). The van der Waals surface area contributed by atoms with Gasteiger partial charge in [0.2, 0.25) is 11.8 Å². The summed E-state index contributed by atoms with van der Waals surface area (Å²) in [6.45, 7) is 2.56. The minimum absolute atomic E-state index is 0.116. The number of hydrogen-bond donors (Lipinski definition) is 2. The van der Waals surface area contributed by atoms with Crippen molar-refractivity contribution in [3.8, 4) is 0 Å². The molecule has 1 aromatic rings. The molecular weight excluding hydrogens is 374 g/mol. The van der Waals surface area contributed by atoms with E-state index in [1.165, 1.54) is 0 Å². The molecule has 1 atom stereocenters. The Balaban J connectivity index is 1.43. The molecule has 8 nitrogen and oxygen atoms in total. The van der Waals surface area contributed by atoms with Gasteiger partial charge in [0.05, 0.1) is 17.2 Å². The fourth-order valence-electron chi connectivity index (χ4n) is 4.27. The van der Waals surface area contributed by atoms with Crippen molar-refractivity contribution in [2.24, 2.45) is 0 Å². The Kier molecular flexibility index (Phi) is 5.73. The average Bonchev–Trinajstić information content (AvgIpc) is 2.98. The summed E-state index contributed by atoms with van der Waals surface area (Å²) in [7, 11) is 0. The Morgan fingerprint density at radius 2 is 1.83 bits per heavy atom. The summed E-state index contributed by atoms with van der Waals surface area (Å²) in [4.78, 5) is 50.5. The number of nitrogens with zero attached hydrogens (tertiary/aromatic N) is 1. The highest BCUT2D eigenvalue weighted by Crippen LogP contribution is 2.30. The number of nitrogens with one attached hydrogen (secondary N) is 2. The van der Waals surface area contributed by atoms with Gasteiger partial charge in [0.1, 0.15) is 6.04 Å². The van der Waals surface area contributed by atoms with Crippen LogP contribution in [-0.2, 0) is 20.7 Å². The van der Waals surface area contributed by atoms with Crippen molar-refractivity contribution in [2.75, 3.05) is 19.7 Å². The van der Waals surface area contributed by atoms with E-state index in [1.54, 1.807) is 12.1 Å². The average molecular weight is 399 g/mol. The number of carbonyl (C=O) groups is 4. The second kappa shape index (κ2) is 8.42. The molecule has 0 spiro atoms. The summed E-state index contributed by atoms with van der Waals surface area (Å²) in [5.74, 6) is -1.88. The maximum atomic E-state index is 13.0. The highest BCUT2D eigenvalue weighted by molar-refractivity contribution is 6.24. The predicted molar refractivity (Wildman–Crippen MR) is 103 cm³/mol. The lowest BCUT2D eigenvalue weighted by molar-refractivity contribution is -0.136. The van der Waals surface area contributed by atoms with Gasteiger partial charge in [0.15, 0.2) is 0 Å². The van der Waals surface area contributed by atoms with Crippen LogP contribution in [0.15, 0.2) is 18.2 Å². The molecule has 3 heterocycles. The van der Waals surface area contributed by atoms with E-state index in [9.17, 15) is 19.2 Å². The lowest BCUT2D eigenvalue weighted by atomic mass is 9.99. The van der Waals surface area contributed by atoms with Crippen LogP contribution in [0.5, 0.6) is 0 Å². The monoisotopic (exact) mass is 399 g/mol. The second-order valence-electron chi connectivity index (χ2n) is 7.71. The van der Waals surface area contributed by atoms with Gasteiger partial charge in [0, 0.05) is 13.0 Å². The van der Waals surface area contributed by atoms with Gasteiger partial charge < -0.3 is 10.1 Å². The molecule has 1 unspecified atom stereocenters. The molecule has 4 rings (SSSR count). The molecule has 2 saturated heterocycles. The SMILES string of the molecule is O=C1CCC(N2C(=O)c3cccc(CCCOC4CCNCC4)c3C2=O)C(=O)N1. The zero-order chi connectivity index (χ0) is 20.4. The Hall–Kier alpha value is -2.58. The van der Waals surface area contributed by atoms with Gasteiger partial charge in [-0.05, 0) is 56.8 Å². The molecule has 29 heavy (non-hydrogen) atoms. The van der Waals surface area contributed by atoms with Crippen molar-refractivity contribution >= 4 is 23.6 Å². The highest BCUT2D eigenvalue weighted by Gasteiger charge is 2.45. The third-order valence-corrected chi connectivity index (χ3v) is 5.78. The van der Waals surface area contributed by atoms with Crippen LogP contribution in [0.3, 0.4) is 0 Å². The van der Waals surface area contributed by atoms with Crippen LogP contribution in [0.2, 0.25) is 0 Å². The summed E-state index contributed by atoms with van der Waals surface area (Å²) in [5.41, 5.74) is 1.50. The van der Waals surface area contributed by atoms with E-state index >= 15 is 0 Å². The van der Waals surface area contributed by atoms with Gasteiger partial charge in [-0.25, -0.2) is 0 Å². The van der Waals surface area contributed by atoms with Crippen molar-refractivity contribution < 1.29 is 23.9 Å². The number of carbonyl (C=O) groups excluding carboxylic acids is 4. The molecule has 154 valence electrons.